The zero-order valence-electron chi connectivity index (χ0n) is 10.7. The van der Waals surface area contributed by atoms with Crippen molar-refractivity contribution in [1.82, 2.24) is 4.90 Å². The van der Waals surface area contributed by atoms with Crippen molar-refractivity contribution in [1.29, 1.82) is 0 Å². The Bertz CT molecular complexity index is 749. The second-order valence-corrected chi connectivity index (χ2v) is 7.62. The molecule has 0 N–H and O–H groups in total. The molecule has 0 radical (unpaired) electrons. The summed E-state index contributed by atoms with van der Waals surface area (Å²) >= 11 is 7.20. The maximum atomic E-state index is 4.56. The van der Waals surface area contributed by atoms with Gasteiger partial charge >= 0.3 is 0 Å². The van der Waals surface area contributed by atoms with E-state index >= 15 is 0 Å². The number of hydrogen-bond donors (Lipinski definition) is 0. The van der Waals surface area contributed by atoms with E-state index in [4.69, 9.17) is 0 Å². The summed E-state index contributed by atoms with van der Waals surface area (Å²) in [6, 6.07) is 6.51. The molecule has 2 nitrogen and oxygen atoms in total. The Hall–Kier alpha value is -0.300. The van der Waals surface area contributed by atoms with Crippen molar-refractivity contribution >= 4 is 77.0 Å². The minimum Gasteiger partial charge on any atom is -0.318 e. The van der Waals surface area contributed by atoms with Crippen molar-refractivity contribution in [3.8, 4) is 0 Å². The van der Waals surface area contributed by atoms with Gasteiger partial charge in [0, 0.05) is 37.0 Å². The van der Waals surface area contributed by atoms with E-state index in [0.717, 1.165) is 17.6 Å². The summed E-state index contributed by atoms with van der Waals surface area (Å²) in [5.41, 5.74) is 2.70. The van der Waals surface area contributed by atoms with Gasteiger partial charge in [0.05, 0.1) is 12.2 Å². The fraction of sp³-hybridized carbons (Fsp3) is 0.214. The van der Waals surface area contributed by atoms with Crippen molar-refractivity contribution in [3.05, 3.63) is 38.5 Å². The standard InChI is InChI=1S/C14H11BrN2S2.BrH/c1-8-13(17-5-4-16-14(17)19-8)11-7-18-12-3-2-9(15)6-10(11)12;/h2-3,6-7H,4-5H2,1H3;1H. The van der Waals surface area contributed by atoms with E-state index in [0.29, 0.717) is 0 Å². The van der Waals surface area contributed by atoms with Gasteiger partial charge in [-0.2, -0.15) is 0 Å². The number of thiophene rings is 1. The summed E-state index contributed by atoms with van der Waals surface area (Å²) < 4.78 is 2.48. The number of rotatable bonds is 1. The molecule has 0 saturated heterocycles. The lowest BCUT2D eigenvalue weighted by Gasteiger charge is -2.16. The van der Waals surface area contributed by atoms with E-state index in [1.54, 1.807) is 11.8 Å². The van der Waals surface area contributed by atoms with Gasteiger partial charge in [0.1, 0.15) is 0 Å². The van der Waals surface area contributed by atoms with Crippen LogP contribution in [0.15, 0.2) is 37.9 Å². The number of thioether (sulfide) groups is 1. The Morgan fingerprint density at radius 2 is 2.20 bits per heavy atom. The predicted octanol–water partition coefficient (Wildman–Crippen LogP) is 5.35. The number of benzene rings is 1. The summed E-state index contributed by atoms with van der Waals surface area (Å²) in [4.78, 5) is 8.29. The molecule has 0 spiro atoms. The van der Waals surface area contributed by atoms with Crippen LogP contribution in [0.2, 0.25) is 0 Å². The third-order valence-electron chi connectivity index (χ3n) is 3.44. The van der Waals surface area contributed by atoms with Gasteiger partial charge in [-0.05, 0) is 25.1 Å². The van der Waals surface area contributed by atoms with Crippen molar-refractivity contribution in [2.24, 2.45) is 4.99 Å². The highest BCUT2D eigenvalue weighted by atomic mass is 79.9. The number of hydrogen-bond acceptors (Lipinski definition) is 4. The average molecular weight is 432 g/mol. The average Bonchev–Trinajstić information content (AvgIpc) is 3.03. The van der Waals surface area contributed by atoms with Gasteiger partial charge in [0.15, 0.2) is 5.17 Å². The molecule has 0 atom stereocenters. The van der Waals surface area contributed by atoms with Crippen LogP contribution >= 0.6 is 56.0 Å². The minimum atomic E-state index is 0. The Labute approximate surface area is 144 Å². The summed E-state index contributed by atoms with van der Waals surface area (Å²) in [5, 5.41) is 4.78. The lowest BCUT2D eigenvalue weighted by atomic mass is 10.1. The van der Waals surface area contributed by atoms with Gasteiger partial charge in [-0.1, -0.05) is 27.7 Å². The first-order chi connectivity index (χ1) is 9.24. The third-order valence-corrected chi connectivity index (χ3v) is 5.93. The Kier molecular flexibility index (Phi) is 4.01. The van der Waals surface area contributed by atoms with Gasteiger partial charge in [-0.3, -0.25) is 4.99 Å². The van der Waals surface area contributed by atoms with Crippen LogP contribution in [0.3, 0.4) is 0 Å². The maximum absolute atomic E-state index is 4.56. The van der Waals surface area contributed by atoms with E-state index in [1.165, 1.54) is 31.4 Å². The van der Waals surface area contributed by atoms with Gasteiger partial charge in [0.25, 0.3) is 0 Å². The molecule has 2 aliphatic heterocycles. The van der Waals surface area contributed by atoms with Crippen molar-refractivity contribution in [2.45, 2.75) is 6.92 Å². The molecule has 4 rings (SSSR count). The fourth-order valence-corrected chi connectivity index (χ4v) is 4.94. The van der Waals surface area contributed by atoms with Crippen LogP contribution in [-0.4, -0.2) is 23.2 Å². The topological polar surface area (TPSA) is 15.6 Å². The number of allylic oxidation sites excluding steroid dienone is 1. The Balaban J connectivity index is 0.00000121. The zero-order valence-corrected chi connectivity index (χ0v) is 15.7. The fourth-order valence-electron chi connectivity index (χ4n) is 2.62. The Morgan fingerprint density at radius 1 is 1.35 bits per heavy atom. The zero-order chi connectivity index (χ0) is 13.0. The van der Waals surface area contributed by atoms with E-state index in [2.05, 4.69) is 56.3 Å². The summed E-state index contributed by atoms with van der Waals surface area (Å²) in [6.45, 7) is 4.13. The molecule has 3 heterocycles. The van der Waals surface area contributed by atoms with Gasteiger partial charge in [-0.25, -0.2) is 0 Å². The first kappa shape index (κ1) is 14.6. The molecule has 0 fully saturated rings. The van der Waals surface area contributed by atoms with Crippen LogP contribution in [0.1, 0.15) is 12.5 Å². The van der Waals surface area contributed by atoms with E-state index in [9.17, 15) is 0 Å². The first-order valence-corrected chi connectivity index (χ1v) is 8.61. The third kappa shape index (κ3) is 2.17. The van der Waals surface area contributed by atoms with Crippen molar-refractivity contribution in [3.63, 3.8) is 0 Å². The molecule has 104 valence electrons. The first-order valence-electron chi connectivity index (χ1n) is 6.12. The minimum absolute atomic E-state index is 0. The molecule has 6 heteroatoms. The van der Waals surface area contributed by atoms with Crippen molar-refractivity contribution in [2.75, 3.05) is 13.1 Å². The summed E-state index contributed by atoms with van der Waals surface area (Å²) in [7, 11) is 0. The van der Waals surface area contributed by atoms with Gasteiger partial charge in [-0.15, -0.1) is 28.3 Å². The van der Waals surface area contributed by atoms with Crippen LogP contribution in [0, 0.1) is 0 Å². The SMILES string of the molecule is Br.CC1=C(c2csc3ccc(Br)cc23)N2CCN=C2S1. The molecular formula is C14H12Br2N2S2. The van der Waals surface area contributed by atoms with Crippen LogP contribution in [-0.2, 0) is 0 Å². The molecule has 20 heavy (non-hydrogen) atoms. The van der Waals surface area contributed by atoms with Crippen LogP contribution in [0.5, 0.6) is 0 Å². The monoisotopic (exact) mass is 430 g/mol. The lowest BCUT2D eigenvalue weighted by molar-refractivity contribution is 0.649. The predicted molar refractivity (Wildman–Crippen MR) is 99.0 cm³/mol. The molecular weight excluding hydrogens is 420 g/mol. The highest BCUT2D eigenvalue weighted by Crippen LogP contribution is 2.44. The normalized spacial score (nSPS) is 17.5. The molecule has 0 unspecified atom stereocenters. The van der Waals surface area contributed by atoms with E-state index < -0.39 is 0 Å². The quantitative estimate of drug-likeness (QED) is 0.604. The van der Waals surface area contributed by atoms with E-state index in [1.807, 2.05) is 11.3 Å². The largest absolute Gasteiger partial charge is 0.318 e. The highest BCUT2D eigenvalue weighted by Gasteiger charge is 2.32. The van der Waals surface area contributed by atoms with Crippen LogP contribution in [0.4, 0.5) is 0 Å². The van der Waals surface area contributed by atoms with Crippen LogP contribution < -0.4 is 0 Å². The number of aliphatic imine (C=N–C) groups is 1. The summed E-state index contributed by atoms with van der Waals surface area (Å²) in [6.07, 6.45) is 0. The maximum Gasteiger partial charge on any atom is 0.168 e. The molecule has 0 saturated carbocycles. The number of fused-ring (bicyclic) bond motifs is 2. The molecule has 0 aliphatic carbocycles. The molecule has 0 amide bonds. The second kappa shape index (κ2) is 5.48. The Morgan fingerprint density at radius 3 is 3.05 bits per heavy atom. The van der Waals surface area contributed by atoms with Crippen molar-refractivity contribution < 1.29 is 0 Å². The highest BCUT2D eigenvalue weighted by molar-refractivity contribution is 9.10. The van der Waals surface area contributed by atoms with Gasteiger partial charge < -0.3 is 4.90 Å². The molecule has 0 bridgehead atoms. The van der Waals surface area contributed by atoms with Gasteiger partial charge in [0.2, 0.25) is 0 Å². The number of halogens is 2. The molecule has 2 aliphatic rings. The molecule has 2 aromatic rings. The second-order valence-electron chi connectivity index (χ2n) is 4.61. The molecule has 1 aromatic heterocycles. The lowest BCUT2D eigenvalue weighted by Crippen LogP contribution is -2.19. The van der Waals surface area contributed by atoms with Crippen LogP contribution in [0.25, 0.3) is 15.8 Å². The van der Waals surface area contributed by atoms with E-state index in [-0.39, 0.29) is 17.0 Å². The molecule has 1 aromatic carbocycles. The summed E-state index contributed by atoms with van der Waals surface area (Å²) in [5.74, 6) is 0. The number of amidine groups is 1. The number of nitrogens with zero attached hydrogens (tertiary/aromatic N) is 2. The smallest absolute Gasteiger partial charge is 0.168 e.